The van der Waals surface area contributed by atoms with Crippen LogP contribution in [0.2, 0.25) is 0 Å². The van der Waals surface area contributed by atoms with Crippen LogP contribution in [0.15, 0.2) is 41.8 Å². The third kappa shape index (κ3) is 5.46. The summed E-state index contributed by atoms with van der Waals surface area (Å²) in [7, 11) is 0. The number of nitrogens with zero attached hydrogens (tertiary/aromatic N) is 2. The Kier molecular flexibility index (Phi) is 7.67. The van der Waals surface area contributed by atoms with Gasteiger partial charge in [-0.1, -0.05) is 41.6 Å². The maximum Gasteiger partial charge on any atom is 0.307 e. The zero-order valence-electron chi connectivity index (χ0n) is 22.2. The SMILES string of the molecule is Cc1ccc(OCc2ccc(CN3CCSCC3)cc2C)c(C2=CSC(N3CC4CC(C3)C4C(=O)O)N2)c1. The van der Waals surface area contributed by atoms with Crippen molar-refractivity contribution in [2.75, 3.05) is 37.7 Å². The molecule has 4 fully saturated rings. The predicted molar refractivity (Wildman–Crippen MR) is 156 cm³/mol. The lowest BCUT2D eigenvalue weighted by Crippen LogP contribution is -2.60. The number of hydrogen-bond donors (Lipinski definition) is 2. The average Bonchev–Trinajstić information content (AvgIpc) is 3.39. The molecule has 1 aliphatic carbocycles. The Morgan fingerprint density at radius 2 is 1.89 bits per heavy atom. The Bertz CT molecular complexity index is 1220. The summed E-state index contributed by atoms with van der Waals surface area (Å²) < 4.78 is 6.42. The number of carbonyl (C=O) groups is 1. The molecule has 0 radical (unpaired) electrons. The number of ether oxygens (including phenoxy) is 1. The van der Waals surface area contributed by atoms with E-state index in [0.717, 1.165) is 43.1 Å². The number of benzene rings is 2. The van der Waals surface area contributed by atoms with Gasteiger partial charge < -0.3 is 15.2 Å². The smallest absolute Gasteiger partial charge is 0.307 e. The lowest BCUT2D eigenvalue weighted by Gasteiger charge is -2.52. The summed E-state index contributed by atoms with van der Waals surface area (Å²) in [6.45, 7) is 9.92. The molecule has 0 amide bonds. The van der Waals surface area contributed by atoms with Gasteiger partial charge in [-0.25, -0.2) is 0 Å². The van der Waals surface area contributed by atoms with Crippen molar-refractivity contribution in [3.63, 3.8) is 0 Å². The minimum Gasteiger partial charge on any atom is -0.488 e. The second-order valence-corrected chi connectivity index (χ2v) is 13.4. The molecule has 3 atom stereocenters. The van der Waals surface area contributed by atoms with Crippen molar-refractivity contribution < 1.29 is 14.6 Å². The van der Waals surface area contributed by atoms with E-state index in [9.17, 15) is 9.90 Å². The third-order valence-electron chi connectivity index (χ3n) is 8.50. The van der Waals surface area contributed by atoms with Crippen LogP contribution in [0.1, 0.15) is 34.2 Å². The molecule has 0 spiro atoms. The van der Waals surface area contributed by atoms with Gasteiger partial charge in [-0.2, -0.15) is 11.8 Å². The van der Waals surface area contributed by atoms with E-state index in [0.29, 0.717) is 6.61 Å². The van der Waals surface area contributed by atoms with Crippen LogP contribution in [0.5, 0.6) is 5.75 Å². The Hall–Kier alpha value is -2.13. The molecule has 6 nitrogen and oxygen atoms in total. The van der Waals surface area contributed by atoms with E-state index in [1.54, 1.807) is 11.8 Å². The van der Waals surface area contributed by atoms with Gasteiger partial charge in [0.05, 0.1) is 11.6 Å². The molecular weight excluding hydrogens is 514 g/mol. The monoisotopic (exact) mass is 551 g/mol. The molecule has 4 heterocycles. The minimum atomic E-state index is -0.621. The number of piperidine rings is 2. The maximum absolute atomic E-state index is 11.5. The number of carboxylic acids is 1. The molecule has 2 bridgehead atoms. The number of carboxylic acid groups (broad SMARTS) is 1. The number of nitrogens with one attached hydrogen (secondary N) is 1. The summed E-state index contributed by atoms with van der Waals surface area (Å²) in [5, 5.41) is 15.4. The molecule has 5 aliphatic rings. The van der Waals surface area contributed by atoms with Crippen molar-refractivity contribution in [2.24, 2.45) is 17.8 Å². The van der Waals surface area contributed by atoms with Gasteiger partial charge >= 0.3 is 5.97 Å². The Labute approximate surface area is 234 Å². The van der Waals surface area contributed by atoms with Crippen LogP contribution >= 0.6 is 23.5 Å². The van der Waals surface area contributed by atoms with Gasteiger partial charge in [-0.05, 0) is 66.3 Å². The number of fused-ring (bicyclic) bond motifs is 2. The second-order valence-electron chi connectivity index (χ2n) is 11.2. The second kappa shape index (κ2) is 11.2. The van der Waals surface area contributed by atoms with Crippen molar-refractivity contribution in [3.8, 4) is 5.75 Å². The molecular formula is C30H37N3O3S2. The lowest BCUT2D eigenvalue weighted by molar-refractivity contribution is -0.160. The van der Waals surface area contributed by atoms with Crippen LogP contribution < -0.4 is 10.1 Å². The molecule has 7 rings (SSSR count). The first-order chi connectivity index (χ1) is 18.4. The van der Waals surface area contributed by atoms with E-state index >= 15 is 0 Å². The van der Waals surface area contributed by atoms with E-state index in [2.05, 4.69) is 82.5 Å². The van der Waals surface area contributed by atoms with Crippen LogP contribution in [-0.4, -0.2) is 64.1 Å². The first-order valence-electron chi connectivity index (χ1n) is 13.7. The molecule has 8 heteroatoms. The highest BCUT2D eigenvalue weighted by molar-refractivity contribution is 8.03. The molecule has 3 saturated heterocycles. The zero-order chi connectivity index (χ0) is 26.2. The summed E-state index contributed by atoms with van der Waals surface area (Å²) in [6.07, 6.45) is 1.05. The topological polar surface area (TPSA) is 65.0 Å². The Morgan fingerprint density at radius 3 is 2.63 bits per heavy atom. The van der Waals surface area contributed by atoms with Crippen LogP contribution in [-0.2, 0) is 17.9 Å². The summed E-state index contributed by atoms with van der Waals surface area (Å²) >= 11 is 3.83. The number of aliphatic carboxylic acids is 1. The summed E-state index contributed by atoms with van der Waals surface area (Å²) in [6, 6.07) is 13.2. The Balaban J connectivity index is 1.09. The fourth-order valence-electron chi connectivity index (χ4n) is 6.34. The third-order valence-corrected chi connectivity index (χ3v) is 10.5. The van der Waals surface area contributed by atoms with Crippen molar-refractivity contribution in [1.82, 2.24) is 15.1 Å². The summed E-state index contributed by atoms with van der Waals surface area (Å²) in [4.78, 5) is 16.5. The van der Waals surface area contributed by atoms with Gasteiger partial charge in [0, 0.05) is 49.8 Å². The summed E-state index contributed by atoms with van der Waals surface area (Å²) in [5.74, 6) is 3.15. The largest absolute Gasteiger partial charge is 0.488 e. The summed E-state index contributed by atoms with van der Waals surface area (Å²) in [5.41, 5.74) is 7.38. The molecule has 0 aromatic heterocycles. The van der Waals surface area contributed by atoms with Crippen LogP contribution in [0.25, 0.3) is 5.70 Å². The number of aryl methyl sites for hydroxylation is 2. The fraction of sp³-hybridized carbons (Fsp3) is 0.500. The van der Waals surface area contributed by atoms with E-state index in [1.165, 1.54) is 46.8 Å². The fourth-order valence-corrected chi connectivity index (χ4v) is 8.32. The molecule has 2 aromatic rings. The number of thioether (sulfide) groups is 2. The van der Waals surface area contributed by atoms with E-state index in [-0.39, 0.29) is 23.3 Å². The van der Waals surface area contributed by atoms with Gasteiger partial charge in [0.2, 0.25) is 0 Å². The minimum absolute atomic E-state index is 0.145. The van der Waals surface area contributed by atoms with Crippen LogP contribution in [0.4, 0.5) is 0 Å². The molecule has 202 valence electrons. The molecule has 38 heavy (non-hydrogen) atoms. The quantitative estimate of drug-likeness (QED) is 0.475. The Morgan fingerprint density at radius 1 is 1.11 bits per heavy atom. The van der Waals surface area contributed by atoms with E-state index < -0.39 is 5.97 Å². The van der Waals surface area contributed by atoms with Gasteiger partial charge in [0.25, 0.3) is 0 Å². The lowest BCUT2D eigenvalue weighted by atomic mass is 9.61. The molecule has 3 unspecified atom stereocenters. The highest BCUT2D eigenvalue weighted by atomic mass is 32.2. The molecule has 2 aromatic carbocycles. The standard InChI is InChI=1S/C30H37N3O3S2/c1-19-3-6-27(36-17-22-5-4-21(12-20(22)2)14-32-7-9-37-10-8-32)25(11-19)26-18-38-30(31-26)33-15-23-13-24(16-33)28(23)29(34)35/h3-6,11-12,18,23-24,28,30-31H,7-10,13-17H2,1-2H3,(H,34,35). The van der Waals surface area contributed by atoms with E-state index in [4.69, 9.17) is 4.74 Å². The van der Waals surface area contributed by atoms with Crippen molar-refractivity contribution in [1.29, 1.82) is 0 Å². The van der Waals surface area contributed by atoms with E-state index in [1.807, 2.05) is 0 Å². The van der Waals surface area contributed by atoms with Crippen LogP contribution in [0, 0.1) is 31.6 Å². The van der Waals surface area contributed by atoms with Gasteiger partial charge in [0.15, 0.2) is 0 Å². The zero-order valence-corrected chi connectivity index (χ0v) is 23.8. The number of hydrogen-bond acceptors (Lipinski definition) is 7. The maximum atomic E-state index is 11.5. The molecule has 2 N–H and O–H groups in total. The number of rotatable bonds is 8. The first-order valence-corrected chi connectivity index (χ1v) is 15.8. The van der Waals surface area contributed by atoms with Gasteiger partial charge in [-0.15, -0.1) is 0 Å². The van der Waals surface area contributed by atoms with Gasteiger partial charge in [-0.3, -0.25) is 14.6 Å². The highest BCUT2D eigenvalue weighted by Crippen LogP contribution is 2.47. The van der Waals surface area contributed by atoms with Crippen molar-refractivity contribution in [2.45, 2.75) is 38.9 Å². The molecule has 1 saturated carbocycles. The first kappa shape index (κ1) is 26.1. The average molecular weight is 552 g/mol. The van der Waals surface area contributed by atoms with Crippen molar-refractivity contribution >= 4 is 35.2 Å². The normalized spacial score (nSPS) is 27.4. The highest BCUT2D eigenvalue weighted by Gasteiger charge is 2.51. The van der Waals surface area contributed by atoms with Crippen LogP contribution in [0.3, 0.4) is 0 Å². The molecule has 4 aliphatic heterocycles. The van der Waals surface area contributed by atoms with Gasteiger partial charge in [0.1, 0.15) is 17.9 Å². The van der Waals surface area contributed by atoms with Crippen molar-refractivity contribution in [3.05, 3.63) is 69.6 Å². The predicted octanol–water partition coefficient (Wildman–Crippen LogP) is 5.00.